The van der Waals surface area contributed by atoms with E-state index in [2.05, 4.69) is 15.5 Å². The molecule has 1 rings (SSSR count). The minimum Gasteiger partial charge on any atom is -0.468 e. The van der Waals surface area contributed by atoms with Crippen LogP contribution in [-0.2, 0) is 11.3 Å². The third kappa shape index (κ3) is 6.76. The van der Waals surface area contributed by atoms with Gasteiger partial charge < -0.3 is 20.0 Å². The van der Waals surface area contributed by atoms with Gasteiger partial charge in [0, 0.05) is 6.54 Å². The summed E-state index contributed by atoms with van der Waals surface area (Å²) in [7, 11) is 4.04. The minimum atomic E-state index is 0.0234. The summed E-state index contributed by atoms with van der Waals surface area (Å²) >= 11 is 0. The lowest BCUT2D eigenvalue weighted by atomic mass is 10.4. The topological polar surface area (TPSA) is 57.5 Å². The minimum absolute atomic E-state index is 0.0234. The molecule has 1 amide bonds. The van der Waals surface area contributed by atoms with Crippen LogP contribution in [0.5, 0.6) is 0 Å². The Hall–Kier alpha value is -1.33. The fourth-order valence-corrected chi connectivity index (χ4v) is 1.40. The lowest BCUT2D eigenvalue weighted by Gasteiger charge is -2.10. The highest BCUT2D eigenvalue weighted by molar-refractivity contribution is 5.77. The van der Waals surface area contributed by atoms with E-state index < -0.39 is 0 Å². The molecule has 0 saturated heterocycles. The number of furan rings is 1. The Morgan fingerprint density at radius 1 is 1.47 bits per heavy atom. The molecule has 0 unspecified atom stereocenters. The lowest BCUT2D eigenvalue weighted by Crippen LogP contribution is -2.34. The molecule has 2 N–H and O–H groups in total. The molecule has 17 heavy (non-hydrogen) atoms. The quantitative estimate of drug-likeness (QED) is 0.646. The maximum atomic E-state index is 11.4. The average molecular weight is 239 g/mol. The van der Waals surface area contributed by atoms with E-state index in [0.717, 1.165) is 25.3 Å². The summed E-state index contributed by atoms with van der Waals surface area (Å²) in [4.78, 5) is 13.5. The Bertz CT molecular complexity index is 310. The number of nitrogens with zero attached hydrogens (tertiary/aromatic N) is 1. The first-order valence-corrected chi connectivity index (χ1v) is 5.83. The van der Waals surface area contributed by atoms with Crippen molar-refractivity contribution in [3.05, 3.63) is 24.2 Å². The van der Waals surface area contributed by atoms with Crippen molar-refractivity contribution < 1.29 is 9.21 Å². The standard InChI is InChI=1S/C12H21N3O2/c1-15(2)7-4-6-14-12(16)10-13-9-11-5-3-8-17-11/h3,5,8,13H,4,6-7,9-10H2,1-2H3,(H,14,16). The van der Waals surface area contributed by atoms with E-state index in [9.17, 15) is 4.79 Å². The van der Waals surface area contributed by atoms with Gasteiger partial charge in [0.15, 0.2) is 0 Å². The predicted molar refractivity (Wildman–Crippen MR) is 66.6 cm³/mol. The molecule has 0 saturated carbocycles. The van der Waals surface area contributed by atoms with E-state index in [1.165, 1.54) is 0 Å². The Labute approximate surface area is 102 Å². The van der Waals surface area contributed by atoms with Gasteiger partial charge in [0.25, 0.3) is 0 Å². The van der Waals surface area contributed by atoms with Crippen molar-refractivity contribution in [1.82, 2.24) is 15.5 Å². The number of hydrogen-bond acceptors (Lipinski definition) is 4. The summed E-state index contributed by atoms with van der Waals surface area (Å²) in [6.07, 6.45) is 2.59. The van der Waals surface area contributed by atoms with E-state index >= 15 is 0 Å². The maximum absolute atomic E-state index is 11.4. The Kier molecular flexibility index (Phi) is 6.35. The summed E-state index contributed by atoms with van der Waals surface area (Å²) in [5.41, 5.74) is 0. The van der Waals surface area contributed by atoms with Gasteiger partial charge >= 0.3 is 0 Å². The summed E-state index contributed by atoms with van der Waals surface area (Å²) in [5, 5.41) is 5.88. The summed E-state index contributed by atoms with van der Waals surface area (Å²) in [5.74, 6) is 0.862. The van der Waals surface area contributed by atoms with Crippen molar-refractivity contribution in [2.24, 2.45) is 0 Å². The molecule has 0 bridgehead atoms. The molecule has 0 spiro atoms. The molecule has 1 aromatic rings. The van der Waals surface area contributed by atoms with Gasteiger partial charge in [-0.3, -0.25) is 4.79 Å². The highest BCUT2D eigenvalue weighted by Gasteiger charge is 2.01. The van der Waals surface area contributed by atoms with Crippen LogP contribution >= 0.6 is 0 Å². The van der Waals surface area contributed by atoms with Crippen LogP contribution in [0, 0.1) is 0 Å². The van der Waals surface area contributed by atoms with Crippen LogP contribution in [0.4, 0.5) is 0 Å². The summed E-state index contributed by atoms with van der Waals surface area (Å²) in [6, 6.07) is 3.71. The average Bonchev–Trinajstić information content (AvgIpc) is 2.77. The van der Waals surface area contributed by atoms with E-state index in [-0.39, 0.29) is 5.91 Å². The molecule has 0 radical (unpaired) electrons. The SMILES string of the molecule is CN(C)CCCNC(=O)CNCc1ccco1. The van der Waals surface area contributed by atoms with E-state index in [1.54, 1.807) is 6.26 Å². The normalized spacial score (nSPS) is 10.8. The maximum Gasteiger partial charge on any atom is 0.233 e. The highest BCUT2D eigenvalue weighted by Crippen LogP contribution is 1.97. The van der Waals surface area contributed by atoms with Crippen molar-refractivity contribution in [2.45, 2.75) is 13.0 Å². The molecule has 0 fully saturated rings. The Balaban J connectivity index is 1.98. The zero-order chi connectivity index (χ0) is 12.5. The van der Waals surface area contributed by atoms with Crippen LogP contribution in [0.3, 0.4) is 0 Å². The largest absolute Gasteiger partial charge is 0.468 e. The first-order chi connectivity index (χ1) is 8.18. The van der Waals surface area contributed by atoms with Crippen molar-refractivity contribution in [1.29, 1.82) is 0 Å². The molecule has 0 aliphatic carbocycles. The van der Waals surface area contributed by atoms with Gasteiger partial charge in [0.1, 0.15) is 5.76 Å². The summed E-state index contributed by atoms with van der Waals surface area (Å²) < 4.78 is 5.14. The predicted octanol–water partition coefficient (Wildman–Crippen LogP) is 0.437. The van der Waals surface area contributed by atoms with Crippen molar-refractivity contribution in [2.75, 3.05) is 33.7 Å². The van der Waals surface area contributed by atoms with E-state index in [1.807, 2.05) is 26.2 Å². The van der Waals surface area contributed by atoms with Gasteiger partial charge in [-0.25, -0.2) is 0 Å². The second-order valence-electron chi connectivity index (χ2n) is 4.19. The van der Waals surface area contributed by atoms with Crippen LogP contribution in [0.1, 0.15) is 12.2 Å². The Morgan fingerprint density at radius 3 is 2.94 bits per heavy atom. The third-order valence-electron chi connectivity index (χ3n) is 2.27. The molecule has 1 aromatic heterocycles. The lowest BCUT2D eigenvalue weighted by molar-refractivity contribution is -0.120. The van der Waals surface area contributed by atoms with Gasteiger partial charge in [0.2, 0.25) is 5.91 Å². The molecule has 0 atom stereocenters. The molecule has 1 heterocycles. The number of carbonyl (C=O) groups is 1. The van der Waals surface area contributed by atoms with Gasteiger partial charge in [-0.2, -0.15) is 0 Å². The van der Waals surface area contributed by atoms with Gasteiger partial charge in [-0.05, 0) is 39.2 Å². The zero-order valence-electron chi connectivity index (χ0n) is 10.5. The molecular formula is C12H21N3O2. The van der Waals surface area contributed by atoms with E-state index in [0.29, 0.717) is 13.1 Å². The number of hydrogen-bond donors (Lipinski definition) is 2. The second kappa shape index (κ2) is 7.86. The van der Waals surface area contributed by atoms with Gasteiger partial charge in [-0.15, -0.1) is 0 Å². The summed E-state index contributed by atoms with van der Waals surface area (Å²) in [6.45, 7) is 2.61. The highest BCUT2D eigenvalue weighted by atomic mass is 16.3. The van der Waals surface area contributed by atoms with Crippen LogP contribution in [0.15, 0.2) is 22.8 Å². The van der Waals surface area contributed by atoms with Crippen LogP contribution in [0.25, 0.3) is 0 Å². The molecule has 5 heteroatoms. The monoisotopic (exact) mass is 239 g/mol. The van der Waals surface area contributed by atoms with Crippen LogP contribution in [-0.4, -0.2) is 44.5 Å². The van der Waals surface area contributed by atoms with Gasteiger partial charge in [-0.1, -0.05) is 0 Å². The molecule has 96 valence electrons. The Morgan fingerprint density at radius 2 is 2.29 bits per heavy atom. The number of amides is 1. The van der Waals surface area contributed by atoms with Gasteiger partial charge in [0.05, 0.1) is 19.4 Å². The molecule has 5 nitrogen and oxygen atoms in total. The second-order valence-corrected chi connectivity index (χ2v) is 4.19. The van der Waals surface area contributed by atoms with E-state index in [4.69, 9.17) is 4.42 Å². The van der Waals surface area contributed by atoms with Crippen molar-refractivity contribution >= 4 is 5.91 Å². The number of nitrogens with one attached hydrogen (secondary N) is 2. The number of carbonyl (C=O) groups excluding carboxylic acids is 1. The first kappa shape index (κ1) is 13.7. The zero-order valence-corrected chi connectivity index (χ0v) is 10.5. The van der Waals surface area contributed by atoms with Crippen LogP contribution in [0.2, 0.25) is 0 Å². The van der Waals surface area contributed by atoms with Crippen molar-refractivity contribution in [3.8, 4) is 0 Å². The molecule has 0 aromatic carbocycles. The van der Waals surface area contributed by atoms with Crippen molar-refractivity contribution in [3.63, 3.8) is 0 Å². The van der Waals surface area contributed by atoms with Crippen LogP contribution < -0.4 is 10.6 Å². The number of rotatable bonds is 8. The first-order valence-electron chi connectivity index (χ1n) is 5.83. The molecule has 0 aliphatic heterocycles. The third-order valence-corrected chi connectivity index (χ3v) is 2.27. The fraction of sp³-hybridized carbons (Fsp3) is 0.583. The smallest absolute Gasteiger partial charge is 0.233 e. The molecule has 0 aliphatic rings. The fourth-order valence-electron chi connectivity index (χ4n) is 1.40. The molecular weight excluding hydrogens is 218 g/mol.